The van der Waals surface area contributed by atoms with Crippen LogP contribution in [0.2, 0.25) is 10.2 Å². The monoisotopic (exact) mass is 419 g/mol. The Morgan fingerprint density at radius 2 is 2.10 bits per heavy atom. The number of hydrogen-bond acceptors (Lipinski definition) is 4. The van der Waals surface area contributed by atoms with Crippen molar-refractivity contribution in [3.05, 3.63) is 43.8 Å². The highest BCUT2D eigenvalue weighted by Crippen LogP contribution is 2.30. The van der Waals surface area contributed by atoms with Gasteiger partial charge >= 0.3 is 0 Å². The largest absolute Gasteiger partial charge is 0.339 e. The minimum atomic E-state index is 0.384. The summed E-state index contributed by atoms with van der Waals surface area (Å²) in [4.78, 5) is 8.20. The molecule has 0 amide bonds. The maximum absolute atomic E-state index is 6.24. The van der Waals surface area contributed by atoms with Gasteiger partial charge in [-0.3, -0.25) is 0 Å². The van der Waals surface area contributed by atoms with Crippen molar-refractivity contribution in [2.24, 2.45) is 0 Å². The van der Waals surface area contributed by atoms with E-state index < -0.39 is 0 Å². The molecule has 1 N–H and O–H groups in total. The van der Waals surface area contributed by atoms with Crippen LogP contribution in [0.3, 0.4) is 0 Å². The predicted octanol–water partition coefficient (Wildman–Crippen LogP) is 4.09. The van der Waals surface area contributed by atoms with Crippen LogP contribution in [0.1, 0.15) is 5.56 Å². The number of benzene rings is 1. The van der Waals surface area contributed by atoms with E-state index in [1.54, 1.807) is 4.52 Å². The van der Waals surface area contributed by atoms with Crippen LogP contribution in [-0.2, 0) is 0 Å². The van der Waals surface area contributed by atoms with Crippen molar-refractivity contribution in [1.29, 1.82) is 0 Å². The molecule has 0 atom stereocenters. The van der Waals surface area contributed by atoms with Gasteiger partial charge in [0.05, 0.1) is 10.7 Å². The van der Waals surface area contributed by atoms with E-state index >= 15 is 0 Å². The average molecular weight is 420 g/mol. The van der Waals surface area contributed by atoms with Crippen LogP contribution in [0.5, 0.6) is 0 Å². The zero-order valence-corrected chi connectivity index (χ0v) is 13.9. The first kappa shape index (κ1) is 13.8. The molecule has 0 aliphatic carbocycles. The lowest BCUT2D eigenvalue weighted by molar-refractivity contribution is 0.936. The molecule has 2 heterocycles. The third-order valence-electron chi connectivity index (χ3n) is 2.79. The molecule has 5 nitrogen and oxygen atoms in total. The van der Waals surface area contributed by atoms with E-state index in [0.717, 1.165) is 14.8 Å². The fourth-order valence-electron chi connectivity index (χ4n) is 1.76. The Kier molecular flexibility index (Phi) is 3.70. The van der Waals surface area contributed by atoms with Crippen molar-refractivity contribution in [3.8, 4) is 0 Å². The molecule has 0 spiro atoms. The average Bonchev–Trinajstić information content (AvgIpc) is 2.85. The minimum absolute atomic E-state index is 0.384. The van der Waals surface area contributed by atoms with Crippen molar-refractivity contribution in [2.45, 2.75) is 6.92 Å². The van der Waals surface area contributed by atoms with E-state index in [2.05, 4.69) is 43.0 Å². The van der Waals surface area contributed by atoms with Gasteiger partial charge in [-0.15, -0.1) is 0 Å². The molecule has 102 valence electrons. The fraction of sp³-hybridized carbons (Fsp3) is 0.0833. The molecule has 2 aromatic heterocycles. The summed E-state index contributed by atoms with van der Waals surface area (Å²) >= 11 is 14.6. The van der Waals surface area contributed by atoms with Crippen LogP contribution in [0.4, 0.5) is 11.5 Å². The number of aromatic nitrogens is 4. The van der Waals surface area contributed by atoms with Crippen LogP contribution >= 0.6 is 45.8 Å². The highest BCUT2D eigenvalue weighted by atomic mass is 127. The van der Waals surface area contributed by atoms with Crippen LogP contribution in [-0.4, -0.2) is 19.6 Å². The van der Waals surface area contributed by atoms with Gasteiger partial charge in [-0.1, -0.05) is 23.2 Å². The molecule has 1 aromatic carbocycles. The first-order valence-corrected chi connectivity index (χ1v) is 7.47. The van der Waals surface area contributed by atoms with E-state index in [1.165, 1.54) is 6.33 Å². The maximum atomic E-state index is 6.24. The summed E-state index contributed by atoms with van der Waals surface area (Å²) in [6, 6.07) is 5.74. The van der Waals surface area contributed by atoms with Crippen LogP contribution in [0.15, 0.2) is 24.5 Å². The number of anilines is 2. The molecule has 0 aliphatic rings. The maximum Gasteiger partial charge on any atom is 0.255 e. The van der Waals surface area contributed by atoms with Gasteiger partial charge < -0.3 is 5.32 Å². The highest BCUT2D eigenvalue weighted by Gasteiger charge is 2.13. The second-order valence-corrected chi connectivity index (χ2v) is 6.11. The molecular formula is C12H8Cl2IN5. The van der Waals surface area contributed by atoms with Gasteiger partial charge in [0.15, 0.2) is 0 Å². The summed E-state index contributed by atoms with van der Waals surface area (Å²) in [7, 11) is 0. The topological polar surface area (TPSA) is 55.1 Å². The quantitative estimate of drug-likeness (QED) is 0.502. The standard InChI is InChI=1S/C12H8Cl2IN5/c1-6-10(14)19-12-16-5-17-20(12)11(6)18-9-3-2-7(15)4-8(9)13/h2-5,18H,1H3. The van der Waals surface area contributed by atoms with Crippen molar-refractivity contribution < 1.29 is 0 Å². The van der Waals surface area contributed by atoms with Gasteiger partial charge in [-0.2, -0.15) is 19.6 Å². The molecule has 0 aliphatic heterocycles. The summed E-state index contributed by atoms with van der Waals surface area (Å²) in [5.41, 5.74) is 1.55. The van der Waals surface area contributed by atoms with E-state index in [1.807, 2.05) is 25.1 Å². The number of halogens is 3. The van der Waals surface area contributed by atoms with Gasteiger partial charge in [0, 0.05) is 9.13 Å². The first-order chi connectivity index (χ1) is 9.56. The Morgan fingerprint density at radius 1 is 1.30 bits per heavy atom. The summed E-state index contributed by atoms with van der Waals surface area (Å²) in [6.45, 7) is 1.86. The van der Waals surface area contributed by atoms with Crippen molar-refractivity contribution in [3.63, 3.8) is 0 Å². The molecule has 8 heteroatoms. The van der Waals surface area contributed by atoms with E-state index in [0.29, 0.717) is 21.8 Å². The lowest BCUT2D eigenvalue weighted by atomic mass is 10.3. The lowest BCUT2D eigenvalue weighted by Crippen LogP contribution is -2.05. The second kappa shape index (κ2) is 5.34. The van der Waals surface area contributed by atoms with Crippen LogP contribution < -0.4 is 5.32 Å². The first-order valence-electron chi connectivity index (χ1n) is 5.64. The summed E-state index contributed by atoms with van der Waals surface area (Å²) in [5, 5.41) is 8.39. The summed E-state index contributed by atoms with van der Waals surface area (Å²) in [5.74, 6) is 1.13. The third-order valence-corrected chi connectivity index (χ3v) is 4.14. The number of fused-ring (bicyclic) bond motifs is 1. The molecule has 20 heavy (non-hydrogen) atoms. The Labute approximate surface area is 138 Å². The number of hydrogen-bond donors (Lipinski definition) is 1. The Bertz CT molecular complexity index is 802. The summed E-state index contributed by atoms with van der Waals surface area (Å²) in [6.07, 6.45) is 1.43. The van der Waals surface area contributed by atoms with Gasteiger partial charge in [0.25, 0.3) is 5.78 Å². The molecule has 0 radical (unpaired) electrons. The molecule has 0 unspecified atom stereocenters. The highest BCUT2D eigenvalue weighted by molar-refractivity contribution is 14.1. The zero-order valence-electron chi connectivity index (χ0n) is 10.2. The molecule has 0 saturated carbocycles. The predicted molar refractivity (Wildman–Crippen MR) is 88.0 cm³/mol. The lowest BCUT2D eigenvalue weighted by Gasteiger charge is -2.13. The smallest absolute Gasteiger partial charge is 0.255 e. The Hall–Kier alpha value is -1.12. The van der Waals surface area contributed by atoms with Gasteiger partial charge in [-0.25, -0.2) is 0 Å². The molecule has 0 bridgehead atoms. The molecule has 0 fully saturated rings. The normalized spacial score (nSPS) is 11.0. The SMILES string of the molecule is Cc1c(Cl)nc2ncnn2c1Nc1ccc(I)cc1Cl. The zero-order chi connectivity index (χ0) is 14.3. The second-order valence-electron chi connectivity index (χ2n) is 4.10. The Balaban J connectivity index is 2.14. The number of nitrogens with zero attached hydrogens (tertiary/aromatic N) is 4. The van der Waals surface area contributed by atoms with E-state index in [4.69, 9.17) is 23.2 Å². The van der Waals surface area contributed by atoms with Gasteiger partial charge in [0.2, 0.25) is 0 Å². The van der Waals surface area contributed by atoms with Gasteiger partial charge in [-0.05, 0) is 47.7 Å². The van der Waals surface area contributed by atoms with Crippen molar-refractivity contribution >= 4 is 63.1 Å². The summed E-state index contributed by atoms with van der Waals surface area (Å²) < 4.78 is 2.66. The number of nitrogens with one attached hydrogen (secondary N) is 1. The minimum Gasteiger partial charge on any atom is -0.339 e. The van der Waals surface area contributed by atoms with Crippen molar-refractivity contribution in [1.82, 2.24) is 19.6 Å². The number of rotatable bonds is 2. The molecule has 3 aromatic rings. The molecule has 3 rings (SSSR count). The molecular weight excluding hydrogens is 412 g/mol. The van der Waals surface area contributed by atoms with E-state index in [-0.39, 0.29) is 0 Å². The fourth-order valence-corrected chi connectivity index (χ4v) is 2.83. The third kappa shape index (κ3) is 2.43. The van der Waals surface area contributed by atoms with Crippen LogP contribution in [0.25, 0.3) is 5.78 Å². The van der Waals surface area contributed by atoms with Crippen molar-refractivity contribution in [2.75, 3.05) is 5.32 Å². The van der Waals surface area contributed by atoms with Crippen LogP contribution in [0, 0.1) is 10.5 Å². The van der Waals surface area contributed by atoms with E-state index in [9.17, 15) is 0 Å². The molecule has 0 saturated heterocycles. The Morgan fingerprint density at radius 3 is 2.85 bits per heavy atom. The van der Waals surface area contributed by atoms with Gasteiger partial charge in [0.1, 0.15) is 17.3 Å².